The van der Waals surface area contributed by atoms with Gasteiger partial charge in [0, 0.05) is 37.0 Å². The quantitative estimate of drug-likeness (QED) is 0.150. The Labute approximate surface area is 343 Å². The van der Waals surface area contributed by atoms with Crippen molar-refractivity contribution in [3.05, 3.63) is 0 Å². The summed E-state index contributed by atoms with van der Waals surface area (Å²) >= 11 is 0. The zero-order chi connectivity index (χ0) is 41.4. The SMILES string of the molecule is CC(C)(C)OC(=O)N1CCN(C(=O)[C@]23CC[C@@H](C4(C)CC4)[C@@H]2[C@H]2CC[C@@H]4[C@@]5(C)CC[C@H](OC(=O)[C@H]6C[C@@H](OC=O)C6(C)C)C(C)(C)[C@@H]5CC[C@@]4(C)[C@]2(C)CC3)CC1. The molecule has 57 heavy (non-hydrogen) atoms. The lowest BCUT2D eigenvalue weighted by atomic mass is 9.32. The molecule has 1 saturated heterocycles. The van der Waals surface area contributed by atoms with Crippen LogP contribution in [0.4, 0.5) is 4.79 Å². The Morgan fingerprint density at radius 1 is 0.649 bits per heavy atom. The minimum atomic E-state index is -0.535. The second-order valence-electron chi connectivity index (χ2n) is 24.0. The van der Waals surface area contributed by atoms with E-state index in [1.54, 1.807) is 4.90 Å². The summed E-state index contributed by atoms with van der Waals surface area (Å²) in [5.74, 6) is 2.63. The Balaban J connectivity index is 1.01. The monoisotopic (exact) mass is 793 g/mol. The predicted molar refractivity (Wildman–Crippen MR) is 219 cm³/mol. The van der Waals surface area contributed by atoms with Crippen LogP contribution >= 0.6 is 0 Å². The van der Waals surface area contributed by atoms with Crippen molar-refractivity contribution in [2.75, 3.05) is 26.2 Å². The highest BCUT2D eigenvalue weighted by molar-refractivity contribution is 5.84. The average Bonchev–Trinajstić information content (AvgIpc) is 3.75. The van der Waals surface area contributed by atoms with Crippen molar-refractivity contribution in [2.24, 2.45) is 73.4 Å². The molecule has 0 N–H and O–H groups in total. The first-order valence-electron chi connectivity index (χ1n) is 23.1. The number of fused-ring (bicyclic) bond motifs is 7. The largest absolute Gasteiger partial charge is 0.464 e. The van der Waals surface area contributed by atoms with E-state index in [9.17, 15) is 14.4 Å². The van der Waals surface area contributed by atoms with Gasteiger partial charge in [-0.2, -0.15) is 0 Å². The molecule has 9 heteroatoms. The molecule has 9 nitrogen and oxygen atoms in total. The van der Waals surface area contributed by atoms with E-state index in [1.807, 2.05) is 34.6 Å². The zero-order valence-corrected chi connectivity index (χ0v) is 37.5. The number of amides is 2. The molecule has 1 heterocycles. The van der Waals surface area contributed by atoms with Gasteiger partial charge in [0.05, 0.1) is 11.3 Å². The van der Waals surface area contributed by atoms with Crippen molar-refractivity contribution in [3.63, 3.8) is 0 Å². The van der Waals surface area contributed by atoms with E-state index in [2.05, 4.69) is 46.4 Å². The Morgan fingerprint density at radius 3 is 1.93 bits per heavy atom. The van der Waals surface area contributed by atoms with Crippen molar-refractivity contribution >= 4 is 24.4 Å². The van der Waals surface area contributed by atoms with Gasteiger partial charge in [0.15, 0.2) is 0 Å². The molecule has 0 bridgehead atoms. The smallest absolute Gasteiger partial charge is 0.410 e. The van der Waals surface area contributed by atoms with Crippen LogP contribution in [0, 0.1) is 73.4 Å². The van der Waals surface area contributed by atoms with Gasteiger partial charge in [0.1, 0.15) is 17.8 Å². The maximum absolute atomic E-state index is 15.2. The van der Waals surface area contributed by atoms with Crippen molar-refractivity contribution in [3.8, 4) is 0 Å². The molecule has 320 valence electrons. The summed E-state index contributed by atoms with van der Waals surface area (Å²) in [5.41, 5.74) is -0.543. The molecular formula is C48H76N2O7. The zero-order valence-electron chi connectivity index (χ0n) is 37.5. The number of hydrogen-bond donors (Lipinski definition) is 0. The molecule has 0 spiro atoms. The summed E-state index contributed by atoms with van der Waals surface area (Å²) in [7, 11) is 0. The summed E-state index contributed by atoms with van der Waals surface area (Å²) in [4.78, 5) is 56.8. The van der Waals surface area contributed by atoms with E-state index in [4.69, 9.17) is 14.2 Å². The molecule has 7 aliphatic carbocycles. The fraction of sp³-hybridized carbons (Fsp3) is 0.917. The van der Waals surface area contributed by atoms with Crippen molar-refractivity contribution in [2.45, 2.75) is 177 Å². The van der Waals surface area contributed by atoms with Crippen LogP contribution in [0.1, 0.15) is 160 Å². The molecule has 0 aromatic carbocycles. The van der Waals surface area contributed by atoms with Gasteiger partial charge in [-0.25, -0.2) is 4.79 Å². The number of nitrogens with zero attached hydrogens (tertiary/aromatic N) is 2. The highest BCUT2D eigenvalue weighted by Crippen LogP contribution is 2.79. The molecule has 1 aliphatic heterocycles. The van der Waals surface area contributed by atoms with Crippen LogP contribution in [0.3, 0.4) is 0 Å². The summed E-state index contributed by atoms with van der Waals surface area (Å²) in [6.45, 7) is 27.7. The van der Waals surface area contributed by atoms with E-state index in [0.717, 1.165) is 38.5 Å². The third-order valence-corrected chi connectivity index (χ3v) is 19.9. The van der Waals surface area contributed by atoms with Gasteiger partial charge in [-0.15, -0.1) is 0 Å². The van der Waals surface area contributed by atoms with Crippen LogP contribution in [0.15, 0.2) is 0 Å². The molecule has 8 fully saturated rings. The van der Waals surface area contributed by atoms with Gasteiger partial charge in [-0.1, -0.05) is 55.4 Å². The van der Waals surface area contributed by atoms with Crippen LogP contribution < -0.4 is 0 Å². The number of esters is 1. The van der Waals surface area contributed by atoms with E-state index < -0.39 is 11.0 Å². The first kappa shape index (κ1) is 41.4. The Hall–Kier alpha value is -2.32. The predicted octanol–water partition coefficient (Wildman–Crippen LogP) is 9.45. The fourth-order valence-electron chi connectivity index (χ4n) is 16.0. The number of rotatable bonds is 6. The van der Waals surface area contributed by atoms with Gasteiger partial charge >= 0.3 is 12.1 Å². The molecular weight excluding hydrogens is 717 g/mol. The number of hydrogen-bond acceptors (Lipinski definition) is 7. The normalized spacial score (nSPS) is 45.2. The minimum Gasteiger partial charge on any atom is -0.464 e. The molecule has 8 aliphatic rings. The molecule has 0 aromatic rings. The second kappa shape index (κ2) is 13.3. The van der Waals surface area contributed by atoms with E-state index in [-0.39, 0.29) is 57.3 Å². The summed E-state index contributed by atoms with van der Waals surface area (Å²) in [6, 6.07) is 0. The van der Waals surface area contributed by atoms with Crippen molar-refractivity contribution in [1.29, 1.82) is 0 Å². The van der Waals surface area contributed by atoms with Crippen LogP contribution in [0.25, 0.3) is 0 Å². The van der Waals surface area contributed by atoms with E-state index in [1.165, 1.54) is 38.5 Å². The number of carbonyl (C=O) groups excluding carboxylic acids is 4. The summed E-state index contributed by atoms with van der Waals surface area (Å²) in [5, 5.41) is 0. The standard InChI is InChI=1S/C48H76N2O7/c1-41(2,3)57-40(54)50-26-24-49(25-27-50)39(53)48-19-14-30(44(8)20-21-44)37(48)31-12-13-34-45(9)17-16-35(56-38(52)32-28-36(55-29-51)42(32,4)5)43(6,7)33(45)15-18-47(34,11)46(31,10)22-23-48/h29-37H,12-28H2,1-11H3/t30-,31-,32-,33+,34-,35+,36-,37-,45+,46-,47-,48+/m1/s1. The first-order chi connectivity index (χ1) is 26.5. The molecule has 0 aromatic heterocycles. The molecule has 2 amide bonds. The van der Waals surface area contributed by atoms with Crippen molar-refractivity contribution in [1.82, 2.24) is 9.80 Å². The number of ether oxygens (including phenoxy) is 3. The van der Waals surface area contributed by atoms with Crippen LogP contribution in [0.5, 0.6) is 0 Å². The lowest BCUT2D eigenvalue weighted by Gasteiger charge is -2.73. The highest BCUT2D eigenvalue weighted by atomic mass is 16.6. The Kier molecular flexibility index (Phi) is 9.69. The topological polar surface area (TPSA) is 102 Å². The van der Waals surface area contributed by atoms with Gasteiger partial charge in [0.2, 0.25) is 5.91 Å². The first-order valence-corrected chi connectivity index (χ1v) is 23.1. The lowest BCUT2D eigenvalue weighted by molar-refractivity contribution is -0.253. The fourth-order valence-corrected chi connectivity index (χ4v) is 16.0. The van der Waals surface area contributed by atoms with Crippen LogP contribution in [0.2, 0.25) is 0 Å². The molecule has 0 unspecified atom stereocenters. The van der Waals surface area contributed by atoms with Gasteiger partial charge < -0.3 is 24.0 Å². The van der Waals surface area contributed by atoms with Crippen LogP contribution in [-0.2, 0) is 28.6 Å². The van der Waals surface area contributed by atoms with Gasteiger partial charge in [-0.05, 0) is 155 Å². The average molecular weight is 793 g/mol. The lowest BCUT2D eigenvalue weighted by Crippen LogP contribution is -2.68. The van der Waals surface area contributed by atoms with E-state index in [0.29, 0.717) is 80.0 Å². The number of carbonyl (C=O) groups is 4. The maximum Gasteiger partial charge on any atom is 0.410 e. The minimum absolute atomic E-state index is 0.118. The molecule has 8 rings (SSSR count). The van der Waals surface area contributed by atoms with E-state index >= 15 is 4.79 Å². The molecule has 7 saturated carbocycles. The van der Waals surface area contributed by atoms with Gasteiger partial charge in [0.25, 0.3) is 6.47 Å². The second-order valence-corrected chi connectivity index (χ2v) is 24.0. The third-order valence-electron chi connectivity index (χ3n) is 19.9. The Bertz CT molecular complexity index is 1640. The summed E-state index contributed by atoms with van der Waals surface area (Å²) in [6.07, 6.45) is 13.5. The van der Waals surface area contributed by atoms with Gasteiger partial charge in [-0.3, -0.25) is 14.4 Å². The molecule has 0 radical (unpaired) electrons. The van der Waals surface area contributed by atoms with Crippen molar-refractivity contribution < 1.29 is 33.4 Å². The molecule has 12 atom stereocenters. The van der Waals surface area contributed by atoms with Crippen LogP contribution in [-0.4, -0.2) is 78.2 Å². The third kappa shape index (κ3) is 6.07. The Morgan fingerprint density at radius 2 is 1.32 bits per heavy atom. The number of piperazine rings is 1. The maximum atomic E-state index is 15.2. The highest BCUT2D eigenvalue weighted by Gasteiger charge is 2.74. The summed E-state index contributed by atoms with van der Waals surface area (Å²) < 4.78 is 17.5.